The number of amides is 1. The molecule has 1 N–H and O–H groups in total. The van der Waals surface area contributed by atoms with Gasteiger partial charge in [-0.2, -0.15) is 0 Å². The maximum Gasteiger partial charge on any atom is 0.333 e. The standard InChI is InChI=1S/C20H24N4O6S/c1-22-18(26)16(19(27)23(2)20(22)28)17(21-13-4-6-14(29-3)7-5-13)31-12-15(25)24-8-10-30-11-9-24/h4-7,26H,8-12H2,1-3H3. The highest BCUT2D eigenvalue weighted by Gasteiger charge is 2.23. The first-order valence-electron chi connectivity index (χ1n) is 9.54. The smallest absolute Gasteiger partial charge is 0.333 e. The van der Waals surface area contributed by atoms with E-state index in [0.717, 1.165) is 20.9 Å². The number of thioether (sulfide) groups is 1. The van der Waals surface area contributed by atoms with Gasteiger partial charge in [0.25, 0.3) is 5.56 Å². The van der Waals surface area contributed by atoms with Crippen LogP contribution >= 0.6 is 11.8 Å². The summed E-state index contributed by atoms with van der Waals surface area (Å²) in [5, 5.41) is 10.7. The Kier molecular flexibility index (Phi) is 7.18. The van der Waals surface area contributed by atoms with Crippen molar-refractivity contribution in [1.82, 2.24) is 14.0 Å². The van der Waals surface area contributed by atoms with E-state index in [4.69, 9.17) is 9.47 Å². The molecule has 1 aliphatic rings. The Morgan fingerprint density at radius 2 is 1.81 bits per heavy atom. The summed E-state index contributed by atoms with van der Waals surface area (Å²) in [6.07, 6.45) is 0. The Morgan fingerprint density at radius 1 is 1.16 bits per heavy atom. The second kappa shape index (κ2) is 9.84. The molecule has 0 spiro atoms. The third-order valence-electron chi connectivity index (χ3n) is 4.85. The van der Waals surface area contributed by atoms with Crippen molar-refractivity contribution in [3.05, 3.63) is 50.7 Å². The summed E-state index contributed by atoms with van der Waals surface area (Å²) in [7, 11) is 4.22. The molecule has 1 fully saturated rings. The van der Waals surface area contributed by atoms with Gasteiger partial charge in [0.15, 0.2) is 0 Å². The minimum atomic E-state index is -0.695. The molecule has 1 aromatic heterocycles. The molecule has 11 heteroatoms. The third kappa shape index (κ3) is 5.00. The van der Waals surface area contributed by atoms with Gasteiger partial charge in [0, 0.05) is 27.2 Å². The van der Waals surface area contributed by atoms with Crippen LogP contribution in [-0.4, -0.2) is 69.3 Å². The van der Waals surface area contributed by atoms with Gasteiger partial charge in [0.05, 0.1) is 31.8 Å². The van der Waals surface area contributed by atoms with E-state index in [9.17, 15) is 19.5 Å². The van der Waals surface area contributed by atoms with Gasteiger partial charge in [-0.05, 0) is 24.3 Å². The van der Waals surface area contributed by atoms with Crippen molar-refractivity contribution in [3.8, 4) is 11.6 Å². The number of aromatic hydroxyl groups is 1. The molecule has 0 aliphatic carbocycles. The van der Waals surface area contributed by atoms with Crippen LogP contribution in [-0.2, 0) is 23.6 Å². The molecular weight excluding hydrogens is 424 g/mol. The molecule has 1 amide bonds. The van der Waals surface area contributed by atoms with Gasteiger partial charge < -0.3 is 19.5 Å². The predicted octanol–water partition coefficient (Wildman–Crippen LogP) is 0.468. The van der Waals surface area contributed by atoms with Crippen LogP contribution in [0.1, 0.15) is 5.56 Å². The van der Waals surface area contributed by atoms with Crippen molar-refractivity contribution in [1.29, 1.82) is 0 Å². The van der Waals surface area contributed by atoms with Crippen LogP contribution in [0.2, 0.25) is 0 Å². The molecule has 0 saturated carbocycles. The summed E-state index contributed by atoms with van der Waals surface area (Å²) < 4.78 is 12.3. The minimum absolute atomic E-state index is 0.0143. The van der Waals surface area contributed by atoms with Crippen molar-refractivity contribution in [2.45, 2.75) is 0 Å². The number of morpholine rings is 1. The number of aromatic nitrogens is 2. The molecule has 0 atom stereocenters. The quantitative estimate of drug-likeness (QED) is 0.522. The minimum Gasteiger partial charge on any atom is -0.497 e. The van der Waals surface area contributed by atoms with E-state index in [1.54, 1.807) is 36.3 Å². The lowest BCUT2D eigenvalue weighted by atomic mass is 10.3. The zero-order valence-corrected chi connectivity index (χ0v) is 18.3. The fourth-order valence-electron chi connectivity index (χ4n) is 2.99. The van der Waals surface area contributed by atoms with Gasteiger partial charge in [0.1, 0.15) is 16.4 Å². The van der Waals surface area contributed by atoms with E-state index in [0.29, 0.717) is 37.7 Å². The lowest BCUT2D eigenvalue weighted by Crippen LogP contribution is -2.42. The van der Waals surface area contributed by atoms with E-state index in [2.05, 4.69) is 4.99 Å². The van der Waals surface area contributed by atoms with Crippen LogP contribution in [0.5, 0.6) is 11.6 Å². The van der Waals surface area contributed by atoms with Crippen LogP contribution in [0.3, 0.4) is 0 Å². The van der Waals surface area contributed by atoms with Crippen molar-refractivity contribution in [2.75, 3.05) is 39.2 Å². The highest BCUT2D eigenvalue weighted by molar-refractivity contribution is 8.15. The van der Waals surface area contributed by atoms with Crippen LogP contribution < -0.4 is 16.0 Å². The first kappa shape index (κ1) is 22.6. The van der Waals surface area contributed by atoms with E-state index in [1.807, 2.05) is 0 Å². The van der Waals surface area contributed by atoms with Gasteiger partial charge in [-0.1, -0.05) is 11.8 Å². The average molecular weight is 449 g/mol. The van der Waals surface area contributed by atoms with Gasteiger partial charge in [-0.15, -0.1) is 0 Å². The lowest BCUT2D eigenvalue weighted by molar-refractivity contribution is -0.132. The molecule has 1 aliphatic heterocycles. The number of nitrogens with zero attached hydrogens (tertiary/aromatic N) is 4. The van der Waals surface area contributed by atoms with Gasteiger partial charge in [-0.25, -0.2) is 9.79 Å². The summed E-state index contributed by atoms with van der Waals surface area (Å²) in [6.45, 7) is 1.95. The number of rotatable bonds is 5. The van der Waals surface area contributed by atoms with Crippen LogP contribution in [0.4, 0.5) is 5.69 Å². The van der Waals surface area contributed by atoms with Gasteiger partial charge in [-0.3, -0.25) is 18.7 Å². The summed E-state index contributed by atoms with van der Waals surface area (Å²) in [5.41, 5.74) is -0.999. The second-order valence-electron chi connectivity index (χ2n) is 6.80. The SMILES string of the molecule is COc1ccc(N=C(SCC(=O)N2CCOCC2)c2c(O)n(C)c(=O)n(C)c2=O)cc1. The monoisotopic (exact) mass is 448 g/mol. The molecule has 1 aromatic carbocycles. The van der Waals surface area contributed by atoms with Gasteiger partial charge in [0.2, 0.25) is 11.8 Å². The molecule has 2 heterocycles. The molecule has 0 bridgehead atoms. The normalized spacial score (nSPS) is 14.5. The van der Waals surface area contributed by atoms with Crippen LogP contribution in [0.15, 0.2) is 38.8 Å². The van der Waals surface area contributed by atoms with Crippen LogP contribution in [0, 0.1) is 0 Å². The Hall–Kier alpha value is -3.05. The lowest BCUT2D eigenvalue weighted by Gasteiger charge is -2.26. The number of aliphatic imine (C=N–C) groups is 1. The Morgan fingerprint density at radius 3 is 2.42 bits per heavy atom. The second-order valence-corrected chi connectivity index (χ2v) is 7.77. The number of carbonyl (C=O) groups is 1. The molecule has 0 radical (unpaired) electrons. The summed E-state index contributed by atoms with van der Waals surface area (Å²) in [6, 6.07) is 6.79. The van der Waals surface area contributed by atoms with Crippen LogP contribution in [0.25, 0.3) is 0 Å². The maximum absolute atomic E-state index is 12.8. The summed E-state index contributed by atoms with van der Waals surface area (Å²) in [5.74, 6) is 0.0144. The van der Waals surface area contributed by atoms with Crippen molar-refractivity contribution in [3.63, 3.8) is 0 Å². The fourth-order valence-corrected chi connectivity index (χ4v) is 3.92. The molecule has 1 saturated heterocycles. The van der Waals surface area contributed by atoms with Crippen molar-refractivity contribution in [2.24, 2.45) is 19.1 Å². The highest BCUT2D eigenvalue weighted by atomic mass is 32.2. The number of hydrogen-bond acceptors (Lipinski definition) is 8. The molecule has 166 valence electrons. The van der Waals surface area contributed by atoms with Crippen molar-refractivity contribution < 1.29 is 19.4 Å². The number of carbonyl (C=O) groups excluding carboxylic acids is 1. The molecular formula is C20H24N4O6S. The zero-order chi connectivity index (χ0) is 22.5. The Labute approximate surface area is 182 Å². The molecule has 31 heavy (non-hydrogen) atoms. The molecule has 10 nitrogen and oxygen atoms in total. The van der Waals surface area contributed by atoms with Gasteiger partial charge >= 0.3 is 5.69 Å². The Bertz CT molecular complexity index is 1100. The maximum atomic E-state index is 12.8. The number of ether oxygens (including phenoxy) is 2. The van der Waals surface area contributed by atoms with E-state index in [1.165, 1.54) is 14.1 Å². The summed E-state index contributed by atoms with van der Waals surface area (Å²) in [4.78, 5) is 43.7. The van der Waals surface area contributed by atoms with E-state index in [-0.39, 0.29) is 22.3 Å². The average Bonchev–Trinajstić information content (AvgIpc) is 2.80. The number of methoxy groups -OCH3 is 1. The molecule has 3 rings (SSSR count). The van der Waals surface area contributed by atoms with Crippen molar-refractivity contribution >= 4 is 28.4 Å². The fraction of sp³-hybridized carbons (Fsp3) is 0.400. The van der Waals surface area contributed by atoms with E-state index >= 15 is 0 Å². The zero-order valence-electron chi connectivity index (χ0n) is 17.5. The molecule has 0 unspecified atom stereocenters. The van der Waals surface area contributed by atoms with E-state index < -0.39 is 17.1 Å². The predicted molar refractivity (Wildman–Crippen MR) is 118 cm³/mol. The first-order valence-corrected chi connectivity index (χ1v) is 10.5. The molecule has 2 aromatic rings. The largest absolute Gasteiger partial charge is 0.497 e. The Balaban J connectivity index is 2.00. The number of benzene rings is 1. The topological polar surface area (TPSA) is 115 Å². The third-order valence-corrected chi connectivity index (χ3v) is 5.81. The highest BCUT2D eigenvalue weighted by Crippen LogP contribution is 2.25. The first-order chi connectivity index (χ1) is 14.8. The number of hydrogen-bond donors (Lipinski definition) is 1. The summed E-state index contributed by atoms with van der Waals surface area (Å²) >= 11 is 1.03.